The number of amides is 1. The molecule has 2 aromatic carbocycles. The number of ether oxygens (including phenoxy) is 2. The number of hydrogen-bond donors (Lipinski definition) is 0. The molecule has 4 rings (SSSR count). The summed E-state index contributed by atoms with van der Waals surface area (Å²) in [5.41, 5.74) is 3.44. The molecule has 29 heavy (non-hydrogen) atoms. The van der Waals surface area contributed by atoms with Crippen LogP contribution in [0, 0.1) is 13.8 Å². The summed E-state index contributed by atoms with van der Waals surface area (Å²) in [5.74, 6) is 1.37. The minimum Gasteiger partial charge on any atom is -0.489 e. The summed E-state index contributed by atoms with van der Waals surface area (Å²) in [4.78, 5) is 14.9. The molecule has 1 saturated heterocycles. The minimum atomic E-state index is -0.104. The van der Waals surface area contributed by atoms with Gasteiger partial charge in [-0.3, -0.25) is 4.79 Å². The van der Waals surface area contributed by atoms with Crippen LogP contribution < -0.4 is 4.74 Å². The number of carbonyl (C=O) groups is 1. The van der Waals surface area contributed by atoms with Crippen LogP contribution in [0.25, 0.3) is 0 Å². The van der Waals surface area contributed by atoms with Crippen LogP contribution in [0.5, 0.6) is 5.75 Å². The third-order valence-corrected chi connectivity index (χ3v) is 5.17. The van der Waals surface area contributed by atoms with Crippen molar-refractivity contribution >= 4 is 5.91 Å². The van der Waals surface area contributed by atoms with E-state index < -0.39 is 0 Å². The van der Waals surface area contributed by atoms with Gasteiger partial charge in [-0.1, -0.05) is 41.6 Å². The molecule has 1 atom stereocenters. The van der Waals surface area contributed by atoms with Gasteiger partial charge < -0.3 is 18.9 Å². The molecule has 0 bridgehead atoms. The van der Waals surface area contributed by atoms with Crippen molar-refractivity contribution in [2.45, 2.75) is 26.6 Å². The molecule has 2 heterocycles. The quantitative estimate of drug-likeness (QED) is 0.655. The molecule has 6 nitrogen and oxygen atoms in total. The topological polar surface area (TPSA) is 64.8 Å². The van der Waals surface area contributed by atoms with Gasteiger partial charge in [0.1, 0.15) is 24.2 Å². The van der Waals surface area contributed by atoms with Crippen LogP contribution in [0.2, 0.25) is 0 Å². The monoisotopic (exact) mass is 392 g/mol. The van der Waals surface area contributed by atoms with Gasteiger partial charge in [0.05, 0.1) is 24.4 Å². The Morgan fingerprint density at radius 2 is 2.00 bits per heavy atom. The van der Waals surface area contributed by atoms with Crippen molar-refractivity contribution in [3.63, 3.8) is 0 Å². The SMILES string of the molecule is Cc1noc(C)c1COc1cccc(C(=O)N2CCOC(c3ccccc3)C2)c1. The van der Waals surface area contributed by atoms with Crippen molar-refractivity contribution in [1.82, 2.24) is 10.1 Å². The van der Waals surface area contributed by atoms with Crippen LogP contribution in [-0.2, 0) is 11.3 Å². The molecule has 1 unspecified atom stereocenters. The van der Waals surface area contributed by atoms with E-state index in [4.69, 9.17) is 14.0 Å². The molecule has 150 valence electrons. The van der Waals surface area contributed by atoms with Gasteiger partial charge in [-0.05, 0) is 37.6 Å². The lowest BCUT2D eigenvalue weighted by atomic mass is 10.1. The average molecular weight is 392 g/mol. The molecule has 1 fully saturated rings. The van der Waals surface area contributed by atoms with E-state index >= 15 is 0 Å². The molecule has 0 spiro atoms. The molecule has 1 aliphatic rings. The molecule has 0 N–H and O–H groups in total. The molecule has 1 amide bonds. The summed E-state index contributed by atoms with van der Waals surface area (Å²) in [5, 5.41) is 3.94. The molecule has 6 heteroatoms. The lowest BCUT2D eigenvalue weighted by molar-refractivity contribution is -0.0228. The lowest BCUT2D eigenvalue weighted by Gasteiger charge is -2.33. The highest BCUT2D eigenvalue weighted by Gasteiger charge is 2.26. The van der Waals surface area contributed by atoms with Gasteiger partial charge in [0.25, 0.3) is 5.91 Å². The Balaban J connectivity index is 1.44. The highest BCUT2D eigenvalue weighted by atomic mass is 16.5. The van der Waals surface area contributed by atoms with E-state index in [1.165, 1.54) is 0 Å². The highest BCUT2D eigenvalue weighted by Crippen LogP contribution is 2.24. The van der Waals surface area contributed by atoms with E-state index in [-0.39, 0.29) is 12.0 Å². The van der Waals surface area contributed by atoms with Crippen molar-refractivity contribution in [2.24, 2.45) is 0 Å². The molecule has 0 saturated carbocycles. The first kappa shape index (κ1) is 19.2. The number of aromatic nitrogens is 1. The van der Waals surface area contributed by atoms with Crippen LogP contribution >= 0.6 is 0 Å². The van der Waals surface area contributed by atoms with Crippen molar-refractivity contribution < 1.29 is 18.8 Å². The van der Waals surface area contributed by atoms with Crippen molar-refractivity contribution in [1.29, 1.82) is 0 Å². The van der Waals surface area contributed by atoms with Gasteiger partial charge in [-0.25, -0.2) is 0 Å². The number of hydrogen-bond acceptors (Lipinski definition) is 5. The Kier molecular flexibility index (Phi) is 5.62. The molecule has 3 aromatic rings. The van der Waals surface area contributed by atoms with Gasteiger partial charge in [0, 0.05) is 12.1 Å². The van der Waals surface area contributed by atoms with Crippen molar-refractivity contribution in [3.8, 4) is 5.75 Å². The number of aryl methyl sites for hydroxylation is 2. The maximum Gasteiger partial charge on any atom is 0.254 e. The Morgan fingerprint density at radius 3 is 2.76 bits per heavy atom. The van der Waals surface area contributed by atoms with Crippen LogP contribution in [0.15, 0.2) is 59.1 Å². The normalized spacial score (nSPS) is 16.6. The second kappa shape index (κ2) is 8.49. The zero-order valence-electron chi connectivity index (χ0n) is 16.6. The number of morpholine rings is 1. The summed E-state index contributed by atoms with van der Waals surface area (Å²) in [6, 6.07) is 17.3. The van der Waals surface area contributed by atoms with Crippen LogP contribution in [0.1, 0.15) is 39.0 Å². The molecule has 1 aliphatic heterocycles. The van der Waals surface area contributed by atoms with Crippen molar-refractivity contribution in [2.75, 3.05) is 19.7 Å². The molecule has 1 aromatic heterocycles. The summed E-state index contributed by atoms with van der Waals surface area (Å²) >= 11 is 0. The molecule has 0 radical (unpaired) electrons. The van der Waals surface area contributed by atoms with E-state index in [0.29, 0.717) is 37.6 Å². The maximum absolute atomic E-state index is 13.1. The third kappa shape index (κ3) is 4.32. The number of rotatable bonds is 5. The first-order valence-electron chi connectivity index (χ1n) is 9.72. The molecule has 0 aliphatic carbocycles. The first-order chi connectivity index (χ1) is 14.1. The van der Waals surface area contributed by atoms with Crippen molar-refractivity contribution in [3.05, 3.63) is 82.7 Å². The Morgan fingerprint density at radius 1 is 1.17 bits per heavy atom. The third-order valence-electron chi connectivity index (χ3n) is 5.17. The fourth-order valence-corrected chi connectivity index (χ4v) is 3.47. The van der Waals surface area contributed by atoms with Gasteiger partial charge in [0.15, 0.2) is 0 Å². The van der Waals surface area contributed by atoms with Gasteiger partial charge >= 0.3 is 0 Å². The Bertz CT molecular complexity index is 964. The fraction of sp³-hybridized carbons (Fsp3) is 0.304. The summed E-state index contributed by atoms with van der Waals surface area (Å²) in [6.07, 6.45) is -0.104. The van der Waals surface area contributed by atoms with Crippen LogP contribution in [0.3, 0.4) is 0 Å². The predicted molar refractivity (Wildman–Crippen MR) is 108 cm³/mol. The Labute approximate surface area is 170 Å². The van der Waals surface area contributed by atoms with Crippen LogP contribution in [0.4, 0.5) is 0 Å². The predicted octanol–water partition coefficient (Wildman–Crippen LogP) is 4.08. The van der Waals surface area contributed by atoms with Gasteiger partial charge in [-0.2, -0.15) is 0 Å². The summed E-state index contributed by atoms with van der Waals surface area (Å²) in [7, 11) is 0. The van der Waals surface area contributed by atoms with E-state index in [1.807, 2.05) is 67.3 Å². The Hall–Kier alpha value is -3.12. The second-order valence-corrected chi connectivity index (χ2v) is 7.14. The second-order valence-electron chi connectivity index (χ2n) is 7.14. The van der Waals surface area contributed by atoms with E-state index in [0.717, 1.165) is 22.6 Å². The standard InChI is InChI=1S/C23H24N2O4/c1-16-21(17(2)29-24-16)15-28-20-10-6-9-19(13-20)23(26)25-11-12-27-22(14-25)18-7-4-3-5-8-18/h3-10,13,22H,11-12,14-15H2,1-2H3. The zero-order chi connectivity index (χ0) is 20.2. The minimum absolute atomic E-state index is 0.0166. The summed E-state index contributed by atoms with van der Waals surface area (Å²) in [6.45, 7) is 5.73. The molecular formula is C23H24N2O4. The lowest BCUT2D eigenvalue weighted by Crippen LogP contribution is -2.42. The first-order valence-corrected chi connectivity index (χ1v) is 9.72. The van der Waals surface area contributed by atoms with Gasteiger partial charge in [0.2, 0.25) is 0 Å². The summed E-state index contributed by atoms with van der Waals surface area (Å²) < 4.78 is 16.9. The van der Waals surface area contributed by atoms with Crippen LogP contribution in [-0.4, -0.2) is 35.7 Å². The fourth-order valence-electron chi connectivity index (χ4n) is 3.47. The zero-order valence-corrected chi connectivity index (χ0v) is 16.6. The van der Waals surface area contributed by atoms with E-state index in [2.05, 4.69) is 5.16 Å². The number of nitrogens with zero attached hydrogens (tertiary/aromatic N) is 2. The van der Waals surface area contributed by atoms with E-state index in [9.17, 15) is 4.79 Å². The maximum atomic E-state index is 13.1. The number of benzene rings is 2. The molecular weight excluding hydrogens is 368 g/mol. The number of carbonyl (C=O) groups excluding carboxylic acids is 1. The smallest absolute Gasteiger partial charge is 0.254 e. The largest absolute Gasteiger partial charge is 0.489 e. The highest BCUT2D eigenvalue weighted by molar-refractivity contribution is 5.94. The average Bonchev–Trinajstić information content (AvgIpc) is 3.10. The van der Waals surface area contributed by atoms with Gasteiger partial charge in [-0.15, -0.1) is 0 Å². The van der Waals surface area contributed by atoms with E-state index in [1.54, 1.807) is 6.07 Å².